The van der Waals surface area contributed by atoms with E-state index in [1.165, 1.54) is 6.26 Å². The fraction of sp³-hybridized carbons (Fsp3) is 0.500. The van der Waals surface area contributed by atoms with Crippen molar-refractivity contribution in [3.8, 4) is 0 Å². The first-order chi connectivity index (χ1) is 11.4. The number of pyridine rings is 1. The van der Waals surface area contributed by atoms with Crippen molar-refractivity contribution in [3.63, 3.8) is 0 Å². The summed E-state index contributed by atoms with van der Waals surface area (Å²) in [6, 6.07) is 5.94. The molecule has 0 radical (unpaired) electrons. The molecule has 0 saturated heterocycles. The zero-order valence-electron chi connectivity index (χ0n) is 14.8. The summed E-state index contributed by atoms with van der Waals surface area (Å²) < 4.78 is 24.4. The molecule has 0 saturated carbocycles. The lowest BCUT2D eigenvalue weighted by atomic mass is 10.2. The Morgan fingerprint density at radius 2 is 2.16 bits per heavy atom. The van der Waals surface area contributed by atoms with Crippen molar-refractivity contribution < 1.29 is 8.42 Å². The number of aromatic nitrogens is 2. The second-order valence-corrected chi connectivity index (χ2v) is 8.17. The molecule has 0 aliphatic carbocycles. The molecular formula is C16H26IN5O2S. The molecule has 9 heteroatoms. The molecule has 2 aromatic heterocycles. The van der Waals surface area contributed by atoms with Crippen molar-refractivity contribution >= 4 is 45.4 Å². The van der Waals surface area contributed by atoms with Gasteiger partial charge in [-0.3, -0.25) is 4.99 Å². The minimum Gasteiger partial charge on any atom is -0.356 e. The largest absolute Gasteiger partial charge is 0.356 e. The summed E-state index contributed by atoms with van der Waals surface area (Å²) in [5.74, 6) is 0.833. The van der Waals surface area contributed by atoms with Crippen molar-refractivity contribution in [2.75, 3.05) is 25.6 Å². The third-order valence-electron chi connectivity index (χ3n) is 3.62. The van der Waals surface area contributed by atoms with Crippen molar-refractivity contribution in [1.82, 2.24) is 20.0 Å². The van der Waals surface area contributed by atoms with Gasteiger partial charge in [0.25, 0.3) is 0 Å². The molecule has 2 N–H and O–H groups in total. The predicted molar refractivity (Wildman–Crippen MR) is 113 cm³/mol. The highest BCUT2D eigenvalue weighted by Gasteiger charge is 2.09. The molecule has 140 valence electrons. The van der Waals surface area contributed by atoms with E-state index in [9.17, 15) is 8.42 Å². The van der Waals surface area contributed by atoms with Crippen molar-refractivity contribution in [1.29, 1.82) is 0 Å². The van der Waals surface area contributed by atoms with Gasteiger partial charge in [-0.05, 0) is 25.5 Å². The normalized spacial score (nSPS) is 13.3. The number of nitrogens with one attached hydrogen (secondary N) is 2. The van der Waals surface area contributed by atoms with Crippen LogP contribution in [-0.4, -0.2) is 55.4 Å². The van der Waals surface area contributed by atoms with Crippen LogP contribution in [0.2, 0.25) is 0 Å². The molecule has 0 spiro atoms. The number of guanidine groups is 1. The minimum atomic E-state index is -2.94. The number of hydrogen-bond acceptors (Lipinski definition) is 4. The van der Waals surface area contributed by atoms with Crippen LogP contribution in [0, 0.1) is 0 Å². The number of rotatable bonds is 7. The van der Waals surface area contributed by atoms with E-state index in [2.05, 4.69) is 20.6 Å². The number of imidazole rings is 1. The lowest BCUT2D eigenvalue weighted by molar-refractivity contribution is 0.581. The number of halogens is 1. The maximum atomic E-state index is 11.2. The molecule has 0 aromatic carbocycles. The van der Waals surface area contributed by atoms with Crippen LogP contribution in [0.4, 0.5) is 0 Å². The van der Waals surface area contributed by atoms with E-state index in [-0.39, 0.29) is 35.8 Å². The average Bonchev–Trinajstić information content (AvgIpc) is 2.94. The number of nitrogens with zero attached hydrogens (tertiary/aromatic N) is 3. The summed E-state index contributed by atoms with van der Waals surface area (Å²) in [4.78, 5) is 8.71. The Hall–Kier alpha value is -1.36. The number of fused-ring (bicyclic) bond motifs is 1. The van der Waals surface area contributed by atoms with Crippen LogP contribution in [0.5, 0.6) is 0 Å². The van der Waals surface area contributed by atoms with Crippen LogP contribution in [0.25, 0.3) is 5.65 Å². The molecule has 0 fully saturated rings. The van der Waals surface area contributed by atoms with Gasteiger partial charge < -0.3 is 15.0 Å². The van der Waals surface area contributed by atoms with Gasteiger partial charge in [-0.15, -0.1) is 24.0 Å². The SMILES string of the molecule is CN=C(NCCc1cn2ccccc2n1)NC(C)CCS(C)(=O)=O.I. The third-order valence-corrected chi connectivity index (χ3v) is 4.59. The second kappa shape index (κ2) is 9.95. The maximum absolute atomic E-state index is 11.2. The summed E-state index contributed by atoms with van der Waals surface area (Å²) in [5.41, 5.74) is 1.94. The first-order valence-corrected chi connectivity index (χ1v) is 10.0. The Morgan fingerprint density at radius 3 is 2.80 bits per heavy atom. The highest BCUT2D eigenvalue weighted by Crippen LogP contribution is 2.04. The number of hydrogen-bond donors (Lipinski definition) is 2. The summed E-state index contributed by atoms with van der Waals surface area (Å²) >= 11 is 0. The molecule has 2 rings (SSSR count). The van der Waals surface area contributed by atoms with Gasteiger partial charge in [0, 0.05) is 44.7 Å². The molecule has 1 unspecified atom stereocenters. The van der Waals surface area contributed by atoms with E-state index >= 15 is 0 Å². The van der Waals surface area contributed by atoms with E-state index in [0.29, 0.717) is 18.9 Å². The first-order valence-electron chi connectivity index (χ1n) is 7.95. The van der Waals surface area contributed by atoms with Gasteiger partial charge in [-0.1, -0.05) is 6.07 Å². The topological polar surface area (TPSA) is 87.9 Å². The van der Waals surface area contributed by atoms with Crippen molar-refractivity contribution in [2.24, 2.45) is 4.99 Å². The predicted octanol–water partition coefficient (Wildman–Crippen LogP) is 1.48. The van der Waals surface area contributed by atoms with Gasteiger partial charge in [0.1, 0.15) is 15.5 Å². The fourth-order valence-corrected chi connectivity index (χ4v) is 3.09. The highest BCUT2D eigenvalue weighted by atomic mass is 127. The molecule has 1 atom stereocenters. The quantitative estimate of drug-likeness (QED) is 0.357. The monoisotopic (exact) mass is 479 g/mol. The van der Waals surface area contributed by atoms with Gasteiger partial charge in [0.15, 0.2) is 5.96 Å². The fourth-order valence-electron chi connectivity index (χ4n) is 2.31. The van der Waals surface area contributed by atoms with Gasteiger partial charge in [-0.25, -0.2) is 13.4 Å². The molecule has 7 nitrogen and oxygen atoms in total. The first kappa shape index (κ1) is 21.7. The molecule has 0 aliphatic rings. The second-order valence-electron chi connectivity index (χ2n) is 5.91. The third kappa shape index (κ3) is 7.59. The Morgan fingerprint density at radius 1 is 1.40 bits per heavy atom. The van der Waals surface area contributed by atoms with E-state index < -0.39 is 9.84 Å². The van der Waals surface area contributed by atoms with Crippen molar-refractivity contribution in [2.45, 2.75) is 25.8 Å². The lowest BCUT2D eigenvalue weighted by Crippen LogP contribution is -2.43. The van der Waals surface area contributed by atoms with E-state index in [1.807, 2.05) is 41.9 Å². The van der Waals surface area contributed by atoms with Gasteiger partial charge in [0.05, 0.1) is 11.4 Å². The molecule has 0 amide bonds. The standard InChI is InChI=1S/C16H25N5O2S.HI/c1-13(8-11-24(3,22)23)19-16(17-2)18-9-7-14-12-21-10-5-4-6-15(21)20-14;/h4-6,10,12-13H,7-9,11H2,1-3H3,(H2,17,18,19);1H. The molecule has 2 heterocycles. The summed E-state index contributed by atoms with van der Waals surface area (Å²) in [6.45, 7) is 2.64. The summed E-state index contributed by atoms with van der Waals surface area (Å²) in [7, 11) is -1.24. The van der Waals surface area contributed by atoms with Crippen LogP contribution in [0.1, 0.15) is 19.0 Å². The van der Waals surface area contributed by atoms with E-state index in [1.54, 1.807) is 7.05 Å². The number of aliphatic imine (C=N–C) groups is 1. The smallest absolute Gasteiger partial charge is 0.191 e. The minimum absolute atomic E-state index is 0. The Balaban J connectivity index is 0.00000312. The zero-order chi connectivity index (χ0) is 17.6. The zero-order valence-corrected chi connectivity index (χ0v) is 17.9. The average molecular weight is 479 g/mol. The molecule has 0 aliphatic heterocycles. The van der Waals surface area contributed by atoms with Gasteiger partial charge >= 0.3 is 0 Å². The van der Waals surface area contributed by atoms with Crippen LogP contribution >= 0.6 is 24.0 Å². The molecule has 2 aromatic rings. The van der Waals surface area contributed by atoms with Gasteiger partial charge in [-0.2, -0.15) is 0 Å². The Bertz CT molecular complexity index is 771. The van der Waals surface area contributed by atoms with E-state index in [4.69, 9.17) is 0 Å². The molecule has 25 heavy (non-hydrogen) atoms. The summed E-state index contributed by atoms with van der Waals surface area (Å²) in [5, 5.41) is 6.43. The highest BCUT2D eigenvalue weighted by molar-refractivity contribution is 14.0. The number of sulfone groups is 1. The summed E-state index contributed by atoms with van der Waals surface area (Å²) in [6.07, 6.45) is 6.57. The lowest BCUT2D eigenvalue weighted by Gasteiger charge is -2.17. The molecule has 0 bridgehead atoms. The van der Waals surface area contributed by atoms with Crippen LogP contribution in [0.3, 0.4) is 0 Å². The van der Waals surface area contributed by atoms with Crippen molar-refractivity contribution in [3.05, 3.63) is 36.3 Å². The van der Waals surface area contributed by atoms with Gasteiger partial charge in [0.2, 0.25) is 0 Å². The maximum Gasteiger partial charge on any atom is 0.191 e. The van der Waals surface area contributed by atoms with E-state index in [0.717, 1.165) is 17.8 Å². The van der Waals surface area contributed by atoms with Crippen LogP contribution in [0.15, 0.2) is 35.6 Å². The van der Waals surface area contributed by atoms with Crippen LogP contribution < -0.4 is 10.6 Å². The molecular weight excluding hydrogens is 453 g/mol. The Labute approximate surface area is 166 Å². The Kier molecular flexibility index (Phi) is 8.63. The van der Waals surface area contributed by atoms with Crippen LogP contribution in [-0.2, 0) is 16.3 Å².